The van der Waals surface area contributed by atoms with E-state index >= 15 is 0 Å². The molecule has 3 heterocycles. The lowest BCUT2D eigenvalue weighted by atomic mass is 10.1. The molecule has 0 saturated carbocycles. The molecule has 1 atom stereocenters. The lowest BCUT2D eigenvalue weighted by molar-refractivity contribution is 0.128. The van der Waals surface area contributed by atoms with E-state index in [0.717, 1.165) is 13.1 Å². The third-order valence-corrected chi connectivity index (χ3v) is 5.57. The molecule has 0 radical (unpaired) electrons. The topological polar surface area (TPSA) is 18.5 Å². The van der Waals surface area contributed by atoms with E-state index in [9.17, 15) is 0 Å². The second kappa shape index (κ2) is 7.55. The summed E-state index contributed by atoms with van der Waals surface area (Å²) in [4.78, 5) is 6.95. The molecule has 20 heavy (non-hydrogen) atoms. The molecular formula is C16H27N3S. The van der Waals surface area contributed by atoms with Crippen molar-refractivity contribution in [1.82, 2.24) is 15.1 Å². The first-order chi connectivity index (χ1) is 9.93. The largest absolute Gasteiger partial charge is 0.314 e. The number of hydrogen-bond donors (Lipinski definition) is 1. The highest BCUT2D eigenvalue weighted by atomic mass is 32.1. The van der Waals surface area contributed by atoms with Crippen molar-refractivity contribution in [2.24, 2.45) is 0 Å². The molecule has 0 bridgehead atoms. The van der Waals surface area contributed by atoms with Crippen LogP contribution >= 0.6 is 11.3 Å². The molecule has 3 rings (SSSR count). The van der Waals surface area contributed by atoms with Gasteiger partial charge in [0.15, 0.2) is 0 Å². The minimum absolute atomic E-state index is 0.607. The number of rotatable bonds is 4. The van der Waals surface area contributed by atoms with Crippen LogP contribution in [0.3, 0.4) is 0 Å². The van der Waals surface area contributed by atoms with Gasteiger partial charge in [0.05, 0.1) is 6.04 Å². The van der Waals surface area contributed by atoms with Crippen molar-refractivity contribution in [3.63, 3.8) is 0 Å². The van der Waals surface area contributed by atoms with Crippen LogP contribution in [0.2, 0.25) is 0 Å². The molecule has 0 spiro atoms. The summed E-state index contributed by atoms with van der Waals surface area (Å²) in [6, 6.07) is 5.14. The summed E-state index contributed by atoms with van der Waals surface area (Å²) in [6.07, 6.45) is 5.62. The van der Waals surface area contributed by atoms with E-state index in [4.69, 9.17) is 0 Å². The minimum atomic E-state index is 0.607. The molecule has 1 unspecified atom stereocenters. The zero-order valence-electron chi connectivity index (χ0n) is 12.4. The van der Waals surface area contributed by atoms with Crippen LogP contribution in [0.25, 0.3) is 0 Å². The molecular weight excluding hydrogens is 266 g/mol. The lowest BCUT2D eigenvalue weighted by Gasteiger charge is -2.37. The summed E-state index contributed by atoms with van der Waals surface area (Å²) in [5.74, 6) is 0. The number of likely N-dealkylation sites (tertiary alicyclic amines) is 1. The summed E-state index contributed by atoms with van der Waals surface area (Å²) in [7, 11) is 0. The monoisotopic (exact) mass is 293 g/mol. The summed E-state index contributed by atoms with van der Waals surface area (Å²) in [5, 5.41) is 5.71. The van der Waals surface area contributed by atoms with Crippen molar-refractivity contribution >= 4 is 11.3 Å². The molecule has 112 valence electrons. The van der Waals surface area contributed by atoms with Crippen molar-refractivity contribution in [3.8, 4) is 0 Å². The first kappa shape index (κ1) is 14.5. The molecule has 2 aliphatic rings. The molecule has 2 fully saturated rings. The van der Waals surface area contributed by atoms with Crippen LogP contribution in [0.15, 0.2) is 17.5 Å². The molecule has 2 aliphatic heterocycles. The van der Waals surface area contributed by atoms with Gasteiger partial charge in [-0.1, -0.05) is 18.9 Å². The summed E-state index contributed by atoms with van der Waals surface area (Å²) in [6.45, 7) is 8.49. The second-order valence-electron chi connectivity index (χ2n) is 6.03. The van der Waals surface area contributed by atoms with Gasteiger partial charge < -0.3 is 10.2 Å². The van der Waals surface area contributed by atoms with Crippen LogP contribution in [-0.2, 0) is 0 Å². The fourth-order valence-electron chi connectivity index (χ4n) is 3.42. The van der Waals surface area contributed by atoms with Crippen LogP contribution in [0, 0.1) is 0 Å². The zero-order chi connectivity index (χ0) is 13.6. The predicted molar refractivity (Wildman–Crippen MR) is 86.4 cm³/mol. The Morgan fingerprint density at radius 1 is 1.05 bits per heavy atom. The molecule has 0 aliphatic carbocycles. The fraction of sp³-hybridized carbons (Fsp3) is 0.750. The van der Waals surface area contributed by atoms with Crippen molar-refractivity contribution in [2.45, 2.75) is 31.7 Å². The maximum Gasteiger partial charge on any atom is 0.0569 e. The van der Waals surface area contributed by atoms with Gasteiger partial charge in [-0.05, 0) is 37.4 Å². The molecule has 1 aromatic rings. The third kappa shape index (κ3) is 3.82. The van der Waals surface area contributed by atoms with E-state index < -0.39 is 0 Å². The normalized spacial score (nSPS) is 24.4. The maximum atomic E-state index is 3.48. The summed E-state index contributed by atoms with van der Waals surface area (Å²) < 4.78 is 0. The van der Waals surface area contributed by atoms with Crippen LogP contribution in [0.4, 0.5) is 0 Å². The second-order valence-corrected chi connectivity index (χ2v) is 7.01. The van der Waals surface area contributed by atoms with Crippen molar-refractivity contribution in [3.05, 3.63) is 22.4 Å². The predicted octanol–water partition coefficient (Wildman–Crippen LogP) is 2.57. The smallest absolute Gasteiger partial charge is 0.0569 e. The average molecular weight is 293 g/mol. The van der Waals surface area contributed by atoms with E-state index in [1.165, 1.54) is 58.4 Å². The van der Waals surface area contributed by atoms with Crippen molar-refractivity contribution in [1.29, 1.82) is 0 Å². The molecule has 1 N–H and O–H groups in total. The van der Waals surface area contributed by atoms with E-state index in [2.05, 4.69) is 32.6 Å². The van der Waals surface area contributed by atoms with Crippen LogP contribution in [0.1, 0.15) is 36.6 Å². The Kier molecular flexibility index (Phi) is 5.48. The minimum Gasteiger partial charge on any atom is -0.314 e. The molecule has 3 nitrogen and oxygen atoms in total. The van der Waals surface area contributed by atoms with Crippen LogP contribution < -0.4 is 5.32 Å². The van der Waals surface area contributed by atoms with Gasteiger partial charge in [0.1, 0.15) is 0 Å². The SMILES string of the molecule is c1csc(C(CN2CCCCCC2)N2CCNCC2)c1. The number of nitrogens with one attached hydrogen (secondary N) is 1. The van der Waals surface area contributed by atoms with Crippen LogP contribution in [0.5, 0.6) is 0 Å². The molecule has 0 aromatic carbocycles. The highest BCUT2D eigenvalue weighted by molar-refractivity contribution is 7.10. The van der Waals surface area contributed by atoms with E-state index in [1.54, 1.807) is 4.88 Å². The summed E-state index contributed by atoms with van der Waals surface area (Å²) >= 11 is 1.93. The Hall–Kier alpha value is -0.420. The molecule has 0 amide bonds. The first-order valence-electron chi connectivity index (χ1n) is 8.14. The molecule has 2 saturated heterocycles. The van der Waals surface area contributed by atoms with Crippen molar-refractivity contribution in [2.75, 3.05) is 45.8 Å². The van der Waals surface area contributed by atoms with Gasteiger partial charge in [-0.25, -0.2) is 0 Å². The van der Waals surface area contributed by atoms with Gasteiger partial charge in [-0.3, -0.25) is 4.90 Å². The van der Waals surface area contributed by atoms with E-state index in [0.29, 0.717) is 6.04 Å². The lowest BCUT2D eigenvalue weighted by Crippen LogP contribution is -2.48. The van der Waals surface area contributed by atoms with E-state index in [-0.39, 0.29) is 0 Å². The number of nitrogens with zero attached hydrogens (tertiary/aromatic N) is 2. The Labute approximate surface area is 127 Å². The van der Waals surface area contributed by atoms with Gasteiger partial charge in [0, 0.05) is 37.6 Å². The highest BCUT2D eigenvalue weighted by Gasteiger charge is 2.25. The first-order valence-corrected chi connectivity index (χ1v) is 9.02. The van der Waals surface area contributed by atoms with Gasteiger partial charge in [-0.2, -0.15) is 0 Å². The Bertz CT molecular complexity index is 365. The number of piperazine rings is 1. The third-order valence-electron chi connectivity index (χ3n) is 4.59. The number of thiophene rings is 1. The summed E-state index contributed by atoms with van der Waals surface area (Å²) in [5.41, 5.74) is 0. The Morgan fingerprint density at radius 3 is 2.45 bits per heavy atom. The van der Waals surface area contributed by atoms with Crippen LogP contribution in [-0.4, -0.2) is 55.6 Å². The quantitative estimate of drug-likeness (QED) is 0.920. The average Bonchev–Trinajstić information content (AvgIpc) is 2.90. The maximum absolute atomic E-state index is 3.48. The zero-order valence-corrected chi connectivity index (χ0v) is 13.2. The fourth-order valence-corrected chi connectivity index (χ4v) is 4.28. The van der Waals surface area contributed by atoms with Gasteiger partial charge in [0.25, 0.3) is 0 Å². The Balaban J connectivity index is 1.67. The van der Waals surface area contributed by atoms with E-state index in [1.807, 2.05) is 11.3 Å². The standard InChI is InChI=1S/C16H27N3S/c1-2-4-10-18(9-3-1)14-15(16-6-5-13-20-16)19-11-7-17-8-12-19/h5-6,13,15,17H,1-4,7-12,14H2. The molecule has 4 heteroatoms. The van der Waals surface area contributed by atoms with Gasteiger partial charge >= 0.3 is 0 Å². The number of hydrogen-bond acceptors (Lipinski definition) is 4. The van der Waals surface area contributed by atoms with Crippen molar-refractivity contribution < 1.29 is 0 Å². The highest BCUT2D eigenvalue weighted by Crippen LogP contribution is 2.27. The van der Waals surface area contributed by atoms with Gasteiger partial charge in [-0.15, -0.1) is 11.3 Å². The van der Waals surface area contributed by atoms with Gasteiger partial charge in [0.2, 0.25) is 0 Å². The molecule has 1 aromatic heterocycles. The Morgan fingerprint density at radius 2 is 1.80 bits per heavy atom.